The van der Waals surface area contributed by atoms with Crippen LogP contribution < -0.4 is 5.32 Å². The van der Waals surface area contributed by atoms with Crippen molar-refractivity contribution >= 4 is 11.6 Å². The summed E-state index contributed by atoms with van der Waals surface area (Å²) < 4.78 is 1.75. The number of nitrogens with zero attached hydrogens (tertiary/aromatic N) is 4. The first-order valence-corrected chi connectivity index (χ1v) is 9.33. The van der Waals surface area contributed by atoms with Gasteiger partial charge in [0.1, 0.15) is 0 Å². The monoisotopic (exact) mass is 361 g/mol. The van der Waals surface area contributed by atoms with Crippen molar-refractivity contribution in [3.8, 4) is 5.95 Å². The molecular weight excluding hydrogens is 338 g/mol. The fourth-order valence-corrected chi connectivity index (χ4v) is 3.79. The Morgan fingerprint density at radius 1 is 1.11 bits per heavy atom. The van der Waals surface area contributed by atoms with Crippen LogP contribution in [-0.4, -0.2) is 32.1 Å². The third kappa shape index (κ3) is 3.23. The maximum Gasteiger partial charge on any atom is 0.251 e. The summed E-state index contributed by atoms with van der Waals surface area (Å²) in [6.07, 6.45) is 1.23. The lowest BCUT2D eigenvalue weighted by molar-refractivity contribution is 0.0964. The van der Waals surface area contributed by atoms with Crippen LogP contribution in [-0.2, 0) is 6.42 Å². The molecule has 1 aliphatic carbocycles. The molecule has 1 aromatic carbocycles. The Morgan fingerprint density at radius 2 is 1.81 bits per heavy atom. The van der Waals surface area contributed by atoms with Gasteiger partial charge in [-0.05, 0) is 44.7 Å². The van der Waals surface area contributed by atoms with E-state index in [0.717, 1.165) is 23.5 Å². The van der Waals surface area contributed by atoms with Gasteiger partial charge in [0, 0.05) is 24.4 Å². The molecule has 3 aromatic rings. The molecule has 1 atom stereocenters. The van der Waals surface area contributed by atoms with Crippen LogP contribution in [0.4, 0.5) is 5.82 Å². The maximum absolute atomic E-state index is 13.0. The number of rotatable bonds is 4. The third-order valence-corrected chi connectivity index (χ3v) is 4.91. The van der Waals surface area contributed by atoms with Gasteiger partial charge in [0.2, 0.25) is 0 Å². The predicted octanol–water partition coefficient (Wildman–Crippen LogP) is 3.62. The normalized spacial score (nSPS) is 16.3. The number of aryl methyl sites for hydroxylation is 2. The summed E-state index contributed by atoms with van der Waals surface area (Å²) in [5, 5.41) is 7.90. The Kier molecular flexibility index (Phi) is 4.48. The van der Waals surface area contributed by atoms with Crippen LogP contribution in [0.1, 0.15) is 52.3 Å². The molecule has 1 N–H and O–H groups in total. The summed E-state index contributed by atoms with van der Waals surface area (Å²) in [4.78, 5) is 22.1. The van der Waals surface area contributed by atoms with Gasteiger partial charge >= 0.3 is 0 Å². The molecule has 0 spiro atoms. The summed E-state index contributed by atoms with van der Waals surface area (Å²) in [6.45, 7) is 6.58. The van der Waals surface area contributed by atoms with Crippen molar-refractivity contribution in [2.24, 2.45) is 0 Å². The van der Waals surface area contributed by atoms with E-state index in [1.54, 1.807) is 4.68 Å². The summed E-state index contributed by atoms with van der Waals surface area (Å²) in [5.74, 6) is 1.42. The highest BCUT2D eigenvalue weighted by Crippen LogP contribution is 2.36. The Labute approximate surface area is 158 Å². The van der Waals surface area contributed by atoms with E-state index in [-0.39, 0.29) is 11.7 Å². The molecule has 0 saturated carbocycles. The number of carbonyl (C=O) groups is 1. The molecule has 2 aromatic heterocycles. The molecule has 6 nitrogen and oxygen atoms in total. The standard InChI is InChI=1S/C21H23N5O/c1-4-22-20-19-17(26(25-20)21-23-13(2)10-14(3)24-21)11-16(12-18(19)27)15-8-6-5-7-9-15/h5-10,16H,4,11-12H2,1-3H3,(H,22,25)/t16-/m1/s1. The minimum absolute atomic E-state index is 0.122. The highest BCUT2D eigenvalue weighted by atomic mass is 16.1. The number of hydrogen-bond acceptors (Lipinski definition) is 5. The number of aromatic nitrogens is 4. The first-order valence-electron chi connectivity index (χ1n) is 9.33. The lowest BCUT2D eigenvalue weighted by atomic mass is 9.82. The average molecular weight is 361 g/mol. The zero-order valence-corrected chi connectivity index (χ0v) is 15.9. The number of fused-ring (bicyclic) bond motifs is 1. The van der Waals surface area contributed by atoms with Crippen LogP contribution in [0.5, 0.6) is 0 Å². The molecule has 2 heterocycles. The number of anilines is 1. The second-order valence-corrected chi connectivity index (χ2v) is 7.00. The van der Waals surface area contributed by atoms with Crippen molar-refractivity contribution in [1.82, 2.24) is 19.7 Å². The van der Waals surface area contributed by atoms with Gasteiger partial charge in [0.15, 0.2) is 11.6 Å². The van der Waals surface area contributed by atoms with Crippen LogP contribution in [0, 0.1) is 13.8 Å². The minimum Gasteiger partial charge on any atom is -0.368 e. The fraction of sp³-hybridized carbons (Fsp3) is 0.333. The predicted molar refractivity (Wildman–Crippen MR) is 105 cm³/mol. The van der Waals surface area contributed by atoms with E-state index < -0.39 is 0 Å². The number of carbonyl (C=O) groups excluding carboxylic acids is 1. The van der Waals surface area contributed by atoms with E-state index in [1.807, 2.05) is 45.0 Å². The van der Waals surface area contributed by atoms with E-state index in [0.29, 0.717) is 30.3 Å². The summed E-state index contributed by atoms with van der Waals surface area (Å²) >= 11 is 0. The Hall–Kier alpha value is -3.02. The highest BCUT2D eigenvalue weighted by molar-refractivity contribution is 6.03. The first kappa shape index (κ1) is 17.4. The van der Waals surface area contributed by atoms with Crippen molar-refractivity contribution in [1.29, 1.82) is 0 Å². The zero-order valence-electron chi connectivity index (χ0n) is 15.9. The second-order valence-electron chi connectivity index (χ2n) is 7.00. The van der Waals surface area contributed by atoms with Gasteiger partial charge in [-0.25, -0.2) is 14.6 Å². The average Bonchev–Trinajstić information content (AvgIpc) is 3.01. The van der Waals surface area contributed by atoms with Gasteiger partial charge in [-0.1, -0.05) is 30.3 Å². The zero-order chi connectivity index (χ0) is 19.0. The van der Waals surface area contributed by atoms with E-state index >= 15 is 0 Å². The molecule has 6 heteroatoms. The number of benzene rings is 1. The summed E-state index contributed by atoms with van der Waals surface area (Å²) in [6, 6.07) is 12.1. The molecule has 0 bridgehead atoms. The Morgan fingerprint density at radius 3 is 2.48 bits per heavy atom. The van der Waals surface area contributed by atoms with Crippen molar-refractivity contribution < 1.29 is 4.79 Å². The van der Waals surface area contributed by atoms with Crippen LogP contribution in [0.25, 0.3) is 5.95 Å². The lowest BCUT2D eigenvalue weighted by Gasteiger charge is -2.23. The van der Waals surface area contributed by atoms with Crippen LogP contribution in [0.3, 0.4) is 0 Å². The lowest BCUT2D eigenvalue weighted by Crippen LogP contribution is -2.21. The topological polar surface area (TPSA) is 72.7 Å². The van der Waals surface area contributed by atoms with E-state index in [1.165, 1.54) is 5.56 Å². The van der Waals surface area contributed by atoms with Crippen molar-refractivity contribution in [3.63, 3.8) is 0 Å². The molecule has 0 aliphatic heterocycles. The first-order chi connectivity index (χ1) is 13.1. The molecule has 0 radical (unpaired) electrons. The number of nitrogens with one attached hydrogen (secondary N) is 1. The van der Waals surface area contributed by atoms with Gasteiger partial charge in [-0.3, -0.25) is 4.79 Å². The van der Waals surface area contributed by atoms with Crippen LogP contribution >= 0.6 is 0 Å². The minimum atomic E-state index is 0.122. The molecule has 1 aliphatic rings. The Balaban J connectivity index is 1.85. The van der Waals surface area contributed by atoms with Gasteiger partial charge in [-0.15, -0.1) is 5.10 Å². The van der Waals surface area contributed by atoms with Crippen molar-refractivity contribution in [2.75, 3.05) is 11.9 Å². The molecule has 27 heavy (non-hydrogen) atoms. The molecular formula is C21H23N5O. The molecule has 138 valence electrons. The van der Waals surface area contributed by atoms with Crippen LogP contribution in [0.15, 0.2) is 36.4 Å². The van der Waals surface area contributed by atoms with E-state index in [9.17, 15) is 4.79 Å². The van der Waals surface area contributed by atoms with Gasteiger partial charge in [0.05, 0.1) is 11.3 Å². The van der Waals surface area contributed by atoms with E-state index in [2.05, 4.69) is 32.5 Å². The number of hydrogen-bond donors (Lipinski definition) is 1. The quantitative estimate of drug-likeness (QED) is 0.768. The molecule has 0 amide bonds. The van der Waals surface area contributed by atoms with Gasteiger partial charge < -0.3 is 5.32 Å². The van der Waals surface area contributed by atoms with Gasteiger partial charge in [0.25, 0.3) is 5.95 Å². The molecule has 4 rings (SSSR count). The molecule has 0 unspecified atom stereocenters. The summed E-state index contributed by atoms with van der Waals surface area (Å²) in [5.41, 5.74) is 4.52. The largest absolute Gasteiger partial charge is 0.368 e. The smallest absolute Gasteiger partial charge is 0.251 e. The third-order valence-electron chi connectivity index (χ3n) is 4.91. The summed E-state index contributed by atoms with van der Waals surface area (Å²) in [7, 11) is 0. The number of ketones is 1. The van der Waals surface area contributed by atoms with Crippen molar-refractivity contribution in [3.05, 3.63) is 64.6 Å². The Bertz CT molecular complexity index is 973. The molecule has 0 saturated heterocycles. The van der Waals surface area contributed by atoms with Crippen molar-refractivity contribution in [2.45, 2.75) is 39.5 Å². The van der Waals surface area contributed by atoms with Crippen LogP contribution in [0.2, 0.25) is 0 Å². The SMILES string of the molecule is CCNc1nn(-c2nc(C)cc(C)n2)c2c1C(=O)C[C@H](c1ccccc1)C2. The van der Waals surface area contributed by atoms with Gasteiger partial charge in [-0.2, -0.15) is 0 Å². The maximum atomic E-state index is 13.0. The molecule has 0 fully saturated rings. The second kappa shape index (κ2) is 6.95. The fourth-order valence-electron chi connectivity index (χ4n) is 3.79. The number of Topliss-reactive ketones (excluding diaryl/α,β-unsaturated/α-hetero) is 1. The van der Waals surface area contributed by atoms with E-state index in [4.69, 9.17) is 0 Å². The highest BCUT2D eigenvalue weighted by Gasteiger charge is 2.33.